The summed E-state index contributed by atoms with van der Waals surface area (Å²) in [6.07, 6.45) is 6.77. The summed E-state index contributed by atoms with van der Waals surface area (Å²) in [4.78, 5) is 40.2. The number of aliphatic hydroxyl groups excluding tert-OH is 1. The first-order valence-corrected chi connectivity index (χ1v) is 9.85. The molecule has 1 aliphatic carbocycles. The number of rotatable bonds is 3. The van der Waals surface area contributed by atoms with Crippen molar-refractivity contribution < 1.29 is 9.90 Å². The molecule has 2 fully saturated rings. The van der Waals surface area contributed by atoms with Crippen molar-refractivity contribution in [3.8, 4) is 11.5 Å². The van der Waals surface area contributed by atoms with Crippen LogP contribution in [0.4, 0.5) is 0 Å². The van der Waals surface area contributed by atoms with Gasteiger partial charge < -0.3 is 15.0 Å². The van der Waals surface area contributed by atoms with Crippen LogP contribution in [-0.2, 0) is 0 Å². The molecule has 2 aliphatic rings. The summed E-state index contributed by atoms with van der Waals surface area (Å²) < 4.78 is 0. The second kappa shape index (κ2) is 8.20. The second-order valence-electron chi connectivity index (χ2n) is 7.44. The van der Waals surface area contributed by atoms with E-state index in [0.717, 1.165) is 25.7 Å². The lowest BCUT2D eigenvalue weighted by atomic mass is 9.91. The number of hydrogen-bond acceptors (Lipinski definition) is 6. The number of aliphatic hydroxyl groups is 1. The molecule has 0 unspecified atom stereocenters. The molecule has 148 valence electrons. The topological polar surface area (TPSA) is 102 Å². The SMILES string of the molecule is O=C(c1cnc(-c2ccccn2)[nH]c1=O)N1CCN([C@H]2CCCC[C@@H]2O)CC1. The van der Waals surface area contributed by atoms with Crippen molar-refractivity contribution in [1.82, 2.24) is 24.8 Å². The van der Waals surface area contributed by atoms with Crippen LogP contribution >= 0.6 is 0 Å². The minimum absolute atomic E-state index is 0.0471. The van der Waals surface area contributed by atoms with Crippen molar-refractivity contribution >= 4 is 5.91 Å². The Morgan fingerprint density at radius 2 is 1.89 bits per heavy atom. The van der Waals surface area contributed by atoms with Crippen molar-refractivity contribution in [2.45, 2.75) is 37.8 Å². The number of carbonyl (C=O) groups excluding carboxylic acids is 1. The first-order valence-electron chi connectivity index (χ1n) is 9.85. The highest BCUT2D eigenvalue weighted by Crippen LogP contribution is 2.24. The molecule has 0 bridgehead atoms. The first-order chi connectivity index (χ1) is 13.6. The zero-order chi connectivity index (χ0) is 19.5. The van der Waals surface area contributed by atoms with Crippen molar-refractivity contribution in [2.75, 3.05) is 26.2 Å². The number of nitrogens with one attached hydrogen (secondary N) is 1. The van der Waals surface area contributed by atoms with E-state index in [1.165, 1.54) is 6.20 Å². The number of amides is 1. The van der Waals surface area contributed by atoms with E-state index >= 15 is 0 Å². The maximum atomic E-state index is 12.8. The molecule has 2 aromatic rings. The Labute approximate surface area is 163 Å². The number of aromatic amines is 1. The van der Waals surface area contributed by atoms with E-state index in [-0.39, 0.29) is 23.6 Å². The summed E-state index contributed by atoms with van der Waals surface area (Å²) in [7, 11) is 0. The molecule has 1 saturated carbocycles. The number of hydrogen-bond donors (Lipinski definition) is 2. The quantitative estimate of drug-likeness (QED) is 0.816. The van der Waals surface area contributed by atoms with E-state index in [1.54, 1.807) is 23.2 Å². The van der Waals surface area contributed by atoms with E-state index in [2.05, 4.69) is 19.9 Å². The third kappa shape index (κ3) is 3.83. The lowest BCUT2D eigenvalue weighted by Gasteiger charge is -2.42. The molecule has 1 amide bonds. The highest BCUT2D eigenvalue weighted by molar-refractivity contribution is 5.93. The van der Waals surface area contributed by atoms with Crippen molar-refractivity contribution in [3.05, 3.63) is 46.5 Å². The van der Waals surface area contributed by atoms with Crippen molar-refractivity contribution in [1.29, 1.82) is 0 Å². The Bertz CT molecular complexity index is 877. The van der Waals surface area contributed by atoms with Crippen LogP contribution in [0.3, 0.4) is 0 Å². The molecule has 4 rings (SSSR count). The average molecular weight is 383 g/mol. The van der Waals surface area contributed by atoms with Crippen LogP contribution in [0.2, 0.25) is 0 Å². The van der Waals surface area contributed by atoms with Crippen LogP contribution in [-0.4, -0.2) is 74.1 Å². The van der Waals surface area contributed by atoms with Gasteiger partial charge >= 0.3 is 0 Å². The Hall–Kier alpha value is -2.58. The van der Waals surface area contributed by atoms with Gasteiger partial charge in [-0.3, -0.25) is 19.5 Å². The van der Waals surface area contributed by atoms with Gasteiger partial charge in [-0.2, -0.15) is 0 Å². The normalized spacial score (nSPS) is 23.5. The predicted molar refractivity (Wildman–Crippen MR) is 104 cm³/mol. The van der Waals surface area contributed by atoms with E-state index in [9.17, 15) is 14.7 Å². The van der Waals surface area contributed by atoms with E-state index in [4.69, 9.17) is 0 Å². The Kier molecular flexibility index (Phi) is 5.50. The molecule has 2 aromatic heterocycles. The third-order valence-corrected chi connectivity index (χ3v) is 5.70. The number of pyridine rings is 1. The van der Waals surface area contributed by atoms with Crippen LogP contribution < -0.4 is 5.56 Å². The molecule has 0 radical (unpaired) electrons. The van der Waals surface area contributed by atoms with Crippen LogP contribution in [0.1, 0.15) is 36.0 Å². The lowest BCUT2D eigenvalue weighted by Crippen LogP contribution is -2.55. The van der Waals surface area contributed by atoms with Crippen molar-refractivity contribution in [3.63, 3.8) is 0 Å². The molecule has 2 atom stereocenters. The van der Waals surface area contributed by atoms with E-state index < -0.39 is 5.56 Å². The fourth-order valence-corrected chi connectivity index (χ4v) is 4.12. The molecule has 1 saturated heterocycles. The summed E-state index contributed by atoms with van der Waals surface area (Å²) in [5, 5.41) is 10.2. The van der Waals surface area contributed by atoms with Gasteiger partial charge in [-0.1, -0.05) is 18.9 Å². The average Bonchev–Trinajstić information content (AvgIpc) is 2.74. The number of piperazine rings is 1. The molecule has 8 nitrogen and oxygen atoms in total. The van der Waals surface area contributed by atoms with Gasteiger partial charge in [0.2, 0.25) is 0 Å². The molecule has 28 heavy (non-hydrogen) atoms. The van der Waals surface area contributed by atoms with E-state index in [1.807, 2.05) is 6.07 Å². The van der Waals surface area contributed by atoms with Crippen LogP contribution in [0, 0.1) is 0 Å². The maximum Gasteiger partial charge on any atom is 0.264 e. The van der Waals surface area contributed by atoms with Gasteiger partial charge in [0.25, 0.3) is 11.5 Å². The minimum Gasteiger partial charge on any atom is -0.391 e. The summed E-state index contributed by atoms with van der Waals surface area (Å²) in [5.74, 6) is 0.0448. The van der Waals surface area contributed by atoms with Gasteiger partial charge in [0.15, 0.2) is 5.82 Å². The molecule has 0 spiro atoms. The number of carbonyl (C=O) groups is 1. The predicted octanol–water partition coefficient (Wildman–Crippen LogP) is 0.893. The second-order valence-corrected chi connectivity index (χ2v) is 7.44. The smallest absolute Gasteiger partial charge is 0.264 e. The molecular weight excluding hydrogens is 358 g/mol. The summed E-state index contributed by atoms with van der Waals surface area (Å²) in [6.45, 7) is 2.52. The van der Waals surface area contributed by atoms with Gasteiger partial charge in [-0.25, -0.2) is 4.98 Å². The number of H-pyrrole nitrogens is 1. The van der Waals surface area contributed by atoms with Crippen LogP contribution in [0.15, 0.2) is 35.4 Å². The molecule has 0 aromatic carbocycles. The standard InChI is InChI=1S/C20H25N5O3/c26-17-7-2-1-6-16(17)24-9-11-25(12-10-24)20(28)14-13-22-18(23-19(14)27)15-5-3-4-8-21-15/h3-5,8,13,16-17,26H,1-2,6-7,9-12H2,(H,22,23,27)/t16-,17-/m0/s1. The first kappa shape index (κ1) is 18.8. The molecule has 2 N–H and O–H groups in total. The summed E-state index contributed by atoms with van der Waals surface area (Å²) >= 11 is 0. The van der Waals surface area contributed by atoms with Crippen LogP contribution in [0.25, 0.3) is 11.5 Å². The monoisotopic (exact) mass is 383 g/mol. The molecule has 3 heterocycles. The molecular formula is C20H25N5O3. The van der Waals surface area contributed by atoms with Gasteiger partial charge in [-0.05, 0) is 25.0 Å². The summed E-state index contributed by atoms with van der Waals surface area (Å²) in [5.41, 5.74) is 0.148. The largest absolute Gasteiger partial charge is 0.391 e. The summed E-state index contributed by atoms with van der Waals surface area (Å²) in [6, 6.07) is 5.53. The van der Waals surface area contributed by atoms with Gasteiger partial charge in [0.05, 0.1) is 6.10 Å². The number of nitrogens with zero attached hydrogens (tertiary/aromatic N) is 4. The molecule has 1 aliphatic heterocycles. The zero-order valence-corrected chi connectivity index (χ0v) is 15.8. The Morgan fingerprint density at radius 3 is 2.57 bits per heavy atom. The maximum absolute atomic E-state index is 12.8. The minimum atomic E-state index is -0.453. The fourth-order valence-electron chi connectivity index (χ4n) is 4.12. The molecule has 8 heteroatoms. The van der Waals surface area contributed by atoms with Crippen molar-refractivity contribution in [2.24, 2.45) is 0 Å². The van der Waals surface area contributed by atoms with Crippen LogP contribution in [0.5, 0.6) is 0 Å². The van der Waals surface area contributed by atoms with Gasteiger partial charge in [0, 0.05) is 44.6 Å². The van der Waals surface area contributed by atoms with Gasteiger partial charge in [0.1, 0.15) is 11.3 Å². The highest BCUT2D eigenvalue weighted by atomic mass is 16.3. The lowest BCUT2D eigenvalue weighted by molar-refractivity contribution is -0.00176. The Balaban J connectivity index is 1.42. The Morgan fingerprint density at radius 1 is 1.11 bits per heavy atom. The number of aromatic nitrogens is 3. The van der Waals surface area contributed by atoms with Gasteiger partial charge in [-0.15, -0.1) is 0 Å². The highest BCUT2D eigenvalue weighted by Gasteiger charge is 2.32. The fraction of sp³-hybridized carbons (Fsp3) is 0.500. The third-order valence-electron chi connectivity index (χ3n) is 5.70. The zero-order valence-electron chi connectivity index (χ0n) is 15.8. The van der Waals surface area contributed by atoms with E-state index in [0.29, 0.717) is 37.7 Å².